The first kappa shape index (κ1) is 14.8. The van der Waals surface area contributed by atoms with Crippen molar-refractivity contribution in [3.63, 3.8) is 0 Å². The Labute approximate surface area is 133 Å². The maximum absolute atomic E-state index is 12.0. The summed E-state index contributed by atoms with van der Waals surface area (Å²) in [6.07, 6.45) is 2.25. The molecule has 3 rings (SSSR count). The molecule has 0 saturated carbocycles. The van der Waals surface area contributed by atoms with Gasteiger partial charge in [-0.2, -0.15) is 0 Å². The van der Waals surface area contributed by atoms with E-state index in [1.165, 1.54) is 4.90 Å². The van der Waals surface area contributed by atoms with E-state index in [0.717, 1.165) is 5.56 Å². The minimum absolute atomic E-state index is 0.111. The number of carbonyl (C=O) groups excluding carboxylic acids is 2. The van der Waals surface area contributed by atoms with Gasteiger partial charge in [0.2, 0.25) is 0 Å². The Morgan fingerprint density at radius 1 is 1.04 bits per heavy atom. The lowest BCUT2D eigenvalue weighted by molar-refractivity contribution is -0.116. The summed E-state index contributed by atoms with van der Waals surface area (Å²) in [4.78, 5) is 25.4. The Morgan fingerprint density at radius 2 is 1.83 bits per heavy atom. The van der Waals surface area contributed by atoms with Gasteiger partial charge in [-0.05, 0) is 35.8 Å². The van der Waals surface area contributed by atoms with Crippen molar-refractivity contribution in [3.8, 4) is 5.75 Å². The fourth-order valence-corrected chi connectivity index (χ4v) is 2.48. The molecule has 2 aromatic carbocycles. The van der Waals surface area contributed by atoms with Gasteiger partial charge in [-0.1, -0.05) is 42.5 Å². The number of phenolic OH excluding ortho intramolecular Hbond substituents is 1. The lowest BCUT2D eigenvalue weighted by Crippen LogP contribution is -2.29. The fraction of sp³-hybridized carbons (Fsp3) is 0.111. The van der Waals surface area contributed by atoms with E-state index in [4.69, 9.17) is 0 Å². The van der Waals surface area contributed by atoms with Gasteiger partial charge in [0.25, 0.3) is 5.91 Å². The van der Waals surface area contributed by atoms with Crippen LogP contribution in [0.15, 0.2) is 60.3 Å². The molecule has 1 aliphatic heterocycles. The number of carbonyl (C=O) groups is 2. The number of imide groups is 1. The highest BCUT2D eigenvalue weighted by molar-refractivity contribution is 6.14. The van der Waals surface area contributed by atoms with Crippen LogP contribution in [0.4, 0.5) is 4.79 Å². The summed E-state index contributed by atoms with van der Waals surface area (Å²) >= 11 is 0. The van der Waals surface area contributed by atoms with E-state index in [0.29, 0.717) is 18.5 Å². The first-order chi connectivity index (χ1) is 11.1. The predicted octanol–water partition coefficient (Wildman–Crippen LogP) is 2.53. The largest absolute Gasteiger partial charge is 0.508 e. The van der Waals surface area contributed by atoms with Crippen LogP contribution in [0.2, 0.25) is 0 Å². The van der Waals surface area contributed by atoms with Crippen molar-refractivity contribution in [1.29, 1.82) is 0 Å². The minimum Gasteiger partial charge on any atom is -0.508 e. The highest BCUT2D eigenvalue weighted by atomic mass is 16.3. The highest BCUT2D eigenvalue weighted by Gasteiger charge is 2.32. The van der Waals surface area contributed by atoms with Crippen molar-refractivity contribution in [2.24, 2.45) is 0 Å². The third kappa shape index (κ3) is 3.40. The second kappa shape index (κ2) is 6.36. The molecule has 23 heavy (non-hydrogen) atoms. The third-order valence-electron chi connectivity index (χ3n) is 3.63. The summed E-state index contributed by atoms with van der Waals surface area (Å²) in [6.45, 7) is 0.409. The van der Waals surface area contributed by atoms with Crippen molar-refractivity contribution in [2.45, 2.75) is 6.42 Å². The second-order valence-corrected chi connectivity index (χ2v) is 5.27. The number of amides is 3. The molecular formula is C18H16N2O3. The average molecular weight is 308 g/mol. The zero-order chi connectivity index (χ0) is 16.2. The Kier molecular flexibility index (Phi) is 4.10. The van der Waals surface area contributed by atoms with Gasteiger partial charge in [-0.15, -0.1) is 0 Å². The van der Waals surface area contributed by atoms with Gasteiger partial charge in [0.1, 0.15) is 11.4 Å². The molecule has 0 unspecified atom stereocenters. The molecule has 3 amide bonds. The first-order valence-corrected chi connectivity index (χ1v) is 7.31. The average Bonchev–Trinajstić information content (AvgIpc) is 2.80. The number of urea groups is 1. The molecule has 1 heterocycles. The molecule has 0 aromatic heterocycles. The quantitative estimate of drug-likeness (QED) is 0.673. The van der Waals surface area contributed by atoms with E-state index >= 15 is 0 Å². The number of hydrogen-bond acceptors (Lipinski definition) is 3. The summed E-state index contributed by atoms with van der Waals surface area (Å²) < 4.78 is 0. The van der Waals surface area contributed by atoms with Crippen molar-refractivity contribution >= 4 is 18.0 Å². The van der Waals surface area contributed by atoms with E-state index in [2.05, 4.69) is 5.32 Å². The summed E-state index contributed by atoms with van der Waals surface area (Å²) in [7, 11) is 0. The Balaban J connectivity index is 1.82. The first-order valence-electron chi connectivity index (χ1n) is 7.31. The molecule has 2 aromatic rings. The van der Waals surface area contributed by atoms with Gasteiger partial charge in [0, 0.05) is 6.54 Å². The van der Waals surface area contributed by atoms with Gasteiger partial charge in [-0.25, -0.2) is 4.79 Å². The molecule has 0 aliphatic carbocycles. The van der Waals surface area contributed by atoms with Crippen molar-refractivity contribution in [3.05, 3.63) is 71.4 Å². The van der Waals surface area contributed by atoms with E-state index < -0.39 is 11.9 Å². The van der Waals surface area contributed by atoms with Crippen LogP contribution in [-0.2, 0) is 11.2 Å². The maximum Gasteiger partial charge on any atom is 0.329 e. The molecule has 0 bridgehead atoms. The normalized spacial score (nSPS) is 16.0. The summed E-state index contributed by atoms with van der Waals surface area (Å²) in [5.41, 5.74) is 2.04. The Morgan fingerprint density at radius 3 is 2.57 bits per heavy atom. The molecule has 116 valence electrons. The zero-order valence-corrected chi connectivity index (χ0v) is 12.4. The molecular weight excluding hydrogens is 292 g/mol. The number of aromatic hydroxyl groups is 1. The number of nitrogens with zero attached hydrogens (tertiary/aromatic N) is 1. The Bertz CT molecular complexity index is 769. The van der Waals surface area contributed by atoms with Crippen LogP contribution < -0.4 is 5.32 Å². The van der Waals surface area contributed by atoms with Gasteiger partial charge in [-0.3, -0.25) is 15.0 Å². The van der Waals surface area contributed by atoms with Crippen LogP contribution in [-0.4, -0.2) is 28.5 Å². The lowest BCUT2D eigenvalue weighted by Gasteiger charge is -2.15. The number of benzene rings is 2. The van der Waals surface area contributed by atoms with Gasteiger partial charge >= 0.3 is 6.03 Å². The van der Waals surface area contributed by atoms with Crippen molar-refractivity contribution in [2.75, 3.05) is 6.54 Å². The molecule has 0 radical (unpaired) electrons. The van der Waals surface area contributed by atoms with Gasteiger partial charge in [0.05, 0.1) is 0 Å². The van der Waals surface area contributed by atoms with Crippen LogP contribution in [0, 0.1) is 0 Å². The van der Waals surface area contributed by atoms with Crippen LogP contribution in [0.5, 0.6) is 5.75 Å². The summed E-state index contributed by atoms with van der Waals surface area (Å²) in [6, 6.07) is 15.9. The zero-order valence-electron chi connectivity index (χ0n) is 12.4. The maximum atomic E-state index is 12.0. The fourth-order valence-electron chi connectivity index (χ4n) is 2.48. The standard InChI is InChI=1S/C18H16N2O3/c21-15-8-4-7-14(11-15)12-16-17(22)19-18(23)20(16)10-9-13-5-2-1-3-6-13/h1-8,11-12,21H,9-10H2,(H,19,22,23)/b16-12+. The molecule has 1 saturated heterocycles. The third-order valence-corrected chi connectivity index (χ3v) is 3.63. The van der Waals surface area contributed by atoms with Crippen LogP contribution in [0.1, 0.15) is 11.1 Å². The van der Waals surface area contributed by atoms with E-state index in [1.807, 2.05) is 30.3 Å². The van der Waals surface area contributed by atoms with Crippen molar-refractivity contribution in [1.82, 2.24) is 10.2 Å². The topological polar surface area (TPSA) is 69.6 Å². The summed E-state index contributed by atoms with van der Waals surface area (Å²) in [5, 5.41) is 11.8. The molecule has 1 fully saturated rings. The Hall–Kier alpha value is -3.08. The van der Waals surface area contributed by atoms with Crippen molar-refractivity contribution < 1.29 is 14.7 Å². The molecule has 1 aliphatic rings. The molecule has 0 atom stereocenters. The number of phenols is 1. The van der Waals surface area contributed by atoms with E-state index in [-0.39, 0.29) is 11.4 Å². The predicted molar refractivity (Wildman–Crippen MR) is 86.5 cm³/mol. The number of hydrogen-bond donors (Lipinski definition) is 2. The second-order valence-electron chi connectivity index (χ2n) is 5.27. The SMILES string of the molecule is O=C1NC(=O)N(CCc2ccccc2)/C1=C/c1cccc(O)c1. The summed E-state index contributed by atoms with van der Waals surface area (Å²) in [5.74, 6) is -0.314. The number of rotatable bonds is 4. The molecule has 5 heteroatoms. The van der Waals surface area contributed by atoms with Gasteiger partial charge < -0.3 is 5.11 Å². The van der Waals surface area contributed by atoms with E-state index in [9.17, 15) is 14.7 Å². The van der Waals surface area contributed by atoms with E-state index in [1.54, 1.807) is 30.3 Å². The van der Waals surface area contributed by atoms with Crippen LogP contribution in [0.25, 0.3) is 6.08 Å². The monoisotopic (exact) mass is 308 g/mol. The molecule has 2 N–H and O–H groups in total. The number of nitrogens with one attached hydrogen (secondary N) is 1. The van der Waals surface area contributed by atoms with Crippen LogP contribution in [0.3, 0.4) is 0 Å². The lowest BCUT2D eigenvalue weighted by atomic mass is 10.1. The minimum atomic E-state index is -0.425. The molecule has 5 nitrogen and oxygen atoms in total. The highest BCUT2D eigenvalue weighted by Crippen LogP contribution is 2.20. The smallest absolute Gasteiger partial charge is 0.329 e. The molecule has 0 spiro atoms. The van der Waals surface area contributed by atoms with Crippen LogP contribution >= 0.6 is 0 Å². The van der Waals surface area contributed by atoms with Gasteiger partial charge in [0.15, 0.2) is 0 Å².